The molecule has 0 aromatic heterocycles. The van der Waals surface area contributed by atoms with Crippen molar-refractivity contribution in [2.75, 3.05) is 27.7 Å². The van der Waals surface area contributed by atoms with Gasteiger partial charge in [0.25, 0.3) is 0 Å². The van der Waals surface area contributed by atoms with Crippen molar-refractivity contribution in [1.29, 1.82) is 0 Å². The third kappa shape index (κ3) is 14.5. The number of carboxylic acids is 1. The molecule has 0 amide bonds. The Hall–Kier alpha value is -1.10. The van der Waals surface area contributed by atoms with Gasteiger partial charge < -0.3 is 19.1 Å². The number of likely N-dealkylation sites (N-methyl/N-ethyl adjacent to an activating group) is 1. The zero-order valence-corrected chi connectivity index (χ0v) is 16.3. The van der Waals surface area contributed by atoms with Crippen molar-refractivity contribution in [2.45, 2.75) is 77.7 Å². The average molecular weight is 344 g/mol. The number of unbranched alkanes of at least 4 members (excludes halogenated alkanes) is 3. The summed E-state index contributed by atoms with van der Waals surface area (Å²) in [7, 11) is 5.82. The van der Waals surface area contributed by atoms with Crippen molar-refractivity contribution in [3.63, 3.8) is 0 Å². The van der Waals surface area contributed by atoms with Crippen LogP contribution in [0.5, 0.6) is 0 Å². The van der Waals surface area contributed by atoms with E-state index in [4.69, 9.17) is 4.74 Å². The van der Waals surface area contributed by atoms with Crippen LogP contribution in [-0.2, 0) is 14.3 Å². The maximum atomic E-state index is 11.9. The lowest BCUT2D eigenvalue weighted by Gasteiger charge is -2.29. The Bertz CT molecular complexity index is 363. The lowest BCUT2D eigenvalue weighted by atomic mass is 9.98. The number of hydrogen-bond acceptors (Lipinski definition) is 4. The van der Waals surface area contributed by atoms with Gasteiger partial charge in [0.05, 0.1) is 21.1 Å². The summed E-state index contributed by atoms with van der Waals surface area (Å²) in [5.74, 6) is -0.683. The van der Waals surface area contributed by atoms with E-state index in [1.165, 1.54) is 25.7 Å². The maximum Gasteiger partial charge on any atom is 0.306 e. The number of carboxylic acid groups (broad SMARTS) is 1. The van der Waals surface area contributed by atoms with E-state index in [9.17, 15) is 14.7 Å². The number of aliphatic carboxylic acids is 1. The molecule has 0 rings (SSSR count). The molecule has 0 radical (unpaired) electrons. The standard InChI is InChI=1S/C19H37NO4/c1-6-11-16(2)12-9-7-8-10-13-19(23)24-17(14-18(21)22)15-20(3,4)5/h16-17H,6-15H2,1-5H3. The highest BCUT2D eigenvalue weighted by Gasteiger charge is 2.22. The van der Waals surface area contributed by atoms with E-state index >= 15 is 0 Å². The number of esters is 1. The van der Waals surface area contributed by atoms with E-state index in [2.05, 4.69) is 13.8 Å². The van der Waals surface area contributed by atoms with Crippen LogP contribution in [0.2, 0.25) is 0 Å². The number of quaternary nitrogens is 1. The van der Waals surface area contributed by atoms with Crippen LogP contribution in [0.3, 0.4) is 0 Å². The first kappa shape index (κ1) is 22.9. The van der Waals surface area contributed by atoms with Crippen LogP contribution in [0.4, 0.5) is 0 Å². The molecule has 0 bridgehead atoms. The fourth-order valence-corrected chi connectivity index (χ4v) is 2.94. The number of rotatable bonds is 14. The van der Waals surface area contributed by atoms with Gasteiger partial charge in [-0.1, -0.05) is 52.4 Å². The number of hydrogen-bond donors (Lipinski definition) is 0. The van der Waals surface area contributed by atoms with E-state index in [1.807, 2.05) is 21.1 Å². The van der Waals surface area contributed by atoms with Crippen LogP contribution < -0.4 is 5.11 Å². The largest absolute Gasteiger partial charge is 0.550 e. The third-order valence-electron chi connectivity index (χ3n) is 4.05. The summed E-state index contributed by atoms with van der Waals surface area (Å²) in [6, 6.07) is 0. The van der Waals surface area contributed by atoms with Gasteiger partial charge in [-0.3, -0.25) is 4.79 Å². The van der Waals surface area contributed by atoms with Crippen molar-refractivity contribution >= 4 is 11.9 Å². The molecule has 0 aliphatic rings. The minimum atomic E-state index is -1.18. The van der Waals surface area contributed by atoms with Crippen LogP contribution >= 0.6 is 0 Å². The van der Waals surface area contributed by atoms with Crippen LogP contribution in [0.25, 0.3) is 0 Å². The Balaban J connectivity index is 3.93. The molecule has 0 N–H and O–H groups in total. The van der Waals surface area contributed by atoms with Crippen molar-refractivity contribution in [3.8, 4) is 0 Å². The predicted octanol–water partition coefficient (Wildman–Crippen LogP) is 2.52. The SMILES string of the molecule is CCCC(C)CCCCCCC(=O)OC(CC(=O)[O-])C[N+](C)(C)C. The Labute approximate surface area is 148 Å². The van der Waals surface area contributed by atoms with Gasteiger partial charge in [0.15, 0.2) is 6.10 Å². The summed E-state index contributed by atoms with van der Waals surface area (Å²) >= 11 is 0. The lowest BCUT2D eigenvalue weighted by Crippen LogP contribution is -2.45. The molecule has 0 heterocycles. The molecular formula is C19H37NO4. The molecule has 0 aromatic rings. The summed E-state index contributed by atoms with van der Waals surface area (Å²) in [5.41, 5.74) is 0. The molecule has 2 unspecified atom stereocenters. The third-order valence-corrected chi connectivity index (χ3v) is 4.05. The monoisotopic (exact) mass is 343 g/mol. The van der Waals surface area contributed by atoms with Crippen molar-refractivity contribution < 1.29 is 23.9 Å². The van der Waals surface area contributed by atoms with Crippen molar-refractivity contribution in [2.24, 2.45) is 5.92 Å². The summed E-state index contributed by atoms with van der Waals surface area (Å²) in [6.07, 6.45) is 7.49. The summed E-state index contributed by atoms with van der Waals surface area (Å²) in [4.78, 5) is 22.7. The Kier molecular flexibility index (Phi) is 11.7. The molecule has 0 saturated heterocycles. The summed E-state index contributed by atoms with van der Waals surface area (Å²) < 4.78 is 5.88. The molecule has 2 atom stereocenters. The highest BCUT2D eigenvalue weighted by Crippen LogP contribution is 2.16. The molecule has 0 aliphatic carbocycles. The number of ether oxygens (including phenoxy) is 1. The zero-order chi connectivity index (χ0) is 18.6. The van der Waals surface area contributed by atoms with Gasteiger partial charge in [0.1, 0.15) is 6.54 Å². The van der Waals surface area contributed by atoms with E-state index in [-0.39, 0.29) is 12.4 Å². The summed E-state index contributed by atoms with van der Waals surface area (Å²) in [5, 5.41) is 10.8. The Morgan fingerprint density at radius 1 is 1.04 bits per heavy atom. The average Bonchev–Trinajstić information content (AvgIpc) is 2.40. The second kappa shape index (κ2) is 12.3. The molecular weight excluding hydrogens is 306 g/mol. The normalized spacial score (nSPS) is 14.2. The fourth-order valence-electron chi connectivity index (χ4n) is 2.94. The number of nitrogens with zero attached hydrogens (tertiary/aromatic N) is 1. The van der Waals surface area contributed by atoms with E-state index < -0.39 is 12.1 Å². The molecule has 142 valence electrons. The second-order valence-electron chi connectivity index (χ2n) is 8.01. The van der Waals surface area contributed by atoms with Crippen molar-refractivity contribution in [1.82, 2.24) is 0 Å². The molecule has 5 nitrogen and oxygen atoms in total. The van der Waals surface area contributed by atoms with Crippen molar-refractivity contribution in [3.05, 3.63) is 0 Å². The lowest BCUT2D eigenvalue weighted by molar-refractivity contribution is -0.873. The fraction of sp³-hybridized carbons (Fsp3) is 0.895. The predicted molar refractivity (Wildman–Crippen MR) is 94.2 cm³/mol. The highest BCUT2D eigenvalue weighted by atomic mass is 16.5. The molecule has 0 saturated carbocycles. The van der Waals surface area contributed by atoms with Gasteiger partial charge in [-0.2, -0.15) is 0 Å². The first-order valence-electron chi connectivity index (χ1n) is 9.33. The first-order chi connectivity index (χ1) is 11.1. The van der Waals surface area contributed by atoms with Gasteiger partial charge in [-0.05, 0) is 12.3 Å². The zero-order valence-electron chi connectivity index (χ0n) is 16.3. The minimum absolute atomic E-state index is 0.240. The quantitative estimate of drug-likeness (QED) is 0.276. The van der Waals surface area contributed by atoms with Crippen LogP contribution in [0, 0.1) is 5.92 Å². The highest BCUT2D eigenvalue weighted by molar-refractivity contribution is 5.70. The van der Waals surface area contributed by atoms with Gasteiger partial charge in [0, 0.05) is 18.8 Å². The van der Waals surface area contributed by atoms with Crippen LogP contribution in [0.15, 0.2) is 0 Å². The molecule has 0 fully saturated rings. The van der Waals surface area contributed by atoms with Gasteiger partial charge in [-0.25, -0.2) is 0 Å². The molecule has 0 aliphatic heterocycles. The van der Waals surface area contributed by atoms with Gasteiger partial charge in [-0.15, -0.1) is 0 Å². The minimum Gasteiger partial charge on any atom is -0.550 e. The van der Waals surface area contributed by atoms with Gasteiger partial charge >= 0.3 is 5.97 Å². The topological polar surface area (TPSA) is 66.4 Å². The molecule has 0 aromatic carbocycles. The van der Waals surface area contributed by atoms with Crippen LogP contribution in [0.1, 0.15) is 71.6 Å². The smallest absolute Gasteiger partial charge is 0.306 e. The molecule has 0 spiro atoms. The summed E-state index contributed by atoms with van der Waals surface area (Å²) in [6.45, 7) is 4.98. The maximum absolute atomic E-state index is 11.9. The number of carbonyl (C=O) groups excluding carboxylic acids is 2. The Morgan fingerprint density at radius 2 is 1.67 bits per heavy atom. The van der Waals surface area contributed by atoms with E-state index in [0.29, 0.717) is 17.4 Å². The van der Waals surface area contributed by atoms with Crippen LogP contribution in [-0.4, -0.2) is 50.2 Å². The molecule has 24 heavy (non-hydrogen) atoms. The molecule has 5 heteroatoms. The van der Waals surface area contributed by atoms with E-state index in [0.717, 1.165) is 25.2 Å². The van der Waals surface area contributed by atoms with Gasteiger partial charge in [0.2, 0.25) is 0 Å². The second-order valence-corrected chi connectivity index (χ2v) is 8.01. The first-order valence-corrected chi connectivity index (χ1v) is 9.33. The Morgan fingerprint density at radius 3 is 2.21 bits per heavy atom. The van der Waals surface area contributed by atoms with E-state index in [1.54, 1.807) is 0 Å². The number of carbonyl (C=O) groups is 2.